The first-order valence-electron chi connectivity index (χ1n) is 6.72. The average molecular weight is 263 g/mol. The fourth-order valence-corrected chi connectivity index (χ4v) is 2.77. The van der Waals surface area contributed by atoms with Crippen molar-refractivity contribution in [2.24, 2.45) is 10.9 Å². The highest BCUT2D eigenvalue weighted by molar-refractivity contribution is 6.02. The van der Waals surface area contributed by atoms with Gasteiger partial charge in [0.1, 0.15) is 0 Å². The number of anilines is 1. The number of nitrogens with zero attached hydrogens (tertiary/aromatic N) is 2. The summed E-state index contributed by atoms with van der Waals surface area (Å²) in [4.78, 5) is 2.31. The maximum Gasteiger partial charge on any atom is 0.172 e. The zero-order valence-electron chi connectivity index (χ0n) is 11.0. The number of oxime groups is 1. The zero-order chi connectivity index (χ0) is 13.7. The number of aliphatic hydroxyl groups excluding tert-OH is 1. The van der Waals surface area contributed by atoms with E-state index in [-0.39, 0.29) is 12.4 Å². The highest BCUT2D eigenvalue weighted by Crippen LogP contribution is 2.30. The number of amidine groups is 1. The molecule has 1 aromatic carbocycles. The molecule has 0 spiro atoms. The van der Waals surface area contributed by atoms with Gasteiger partial charge in [0.2, 0.25) is 0 Å². The quantitative estimate of drug-likeness (QED) is 0.325. The molecule has 0 aliphatic carbocycles. The summed E-state index contributed by atoms with van der Waals surface area (Å²) in [6, 6.07) is 8.15. The molecule has 4 N–H and O–H groups in total. The molecular formula is C14H21N3O2. The van der Waals surface area contributed by atoms with Crippen molar-refractivity contribution in [3.05, 3.63) is 29.8 Å². The van der Waals surface area contributed by atoms with Crippen molar-refractivity contribution in [3.8, 4) is 0 Å². The molecule has 1 heterocycles. The molecule has 1 fully saturated rings. The molecule has 1 aliphatic heterocycles. The van der Waals surface area contributed by atoms with Crippen LogP contribution in [0.3, 0.4) is 0 Å². The van der Waals surface area contributed by atoms with Gasteiger partial charge in [0.05, 0.1) is 0 Å². The molecule has 1 unspecified atom stereocenters. The van der Waals surface area contributed by atoms with E-state index in [9.17, 15) is 0 Å². The van der Waals surface area contributed by atoms with Crippen molar-refractivity contribution in [2.45, 2.75) is 31.7 Å². The van der Waals surface area contributed by atoms with Crippen LogP contribution in [-0.2, 0) is 0 Å². The Hall–Kier alpha value is -1.75. The Morgan fingerprint density at radius 1 is 1.42 bits per heavy atom. The summed E-state index contributed by atoms with van der Waals surface area (Å²) in [5, 5.41) is 21.0. The Morgan fingerprint density at radius 2 is 2.21 bits per heavy atom. The summed E-state index contributed by atoms with van der Waals surface area (Å²) in [5.41, 5.74) is 7.52. The van der Waals surface area contributed by atoms with Crippen LogP contribution in [0.4, 0.5) is 5.69 Å². The van der Waals surface area contributed by atoms with Gasteiger partial charge in [0, 0.05) is 30.4 Å². The van der Waals surface area contributed by atoms with Gasteiger partial charge in [-0.15, -0.1) is 0 Å². The Morgan fingerprint density at radius 3 is 2.95 bits per heavy atom. The summed E-state index contributed by atoms with van der Waals surface area (Å²) in [5.74, 6) is 0.142. The van der Waals surface area contributed by atoms with E-state index in [1.54, 1.807) is 0 Å². The molecule has 1 aliphatic rings. The van der Waals surface area contributed by atoms with E-state index in [0.717, 1.165) is 43.5 Å². The van der Waals surface area contributed by atoms with Crippen molar-refractivity contribution in [1.82, 2.24) is 0 Å². The molecule has 0 radical (unpaired) electrons. The fourth-order valence-electron chi connectivity index (χ4n) is 2.77. The second-order valence-corrected chi connectivity index (χ2v) is 4.86. The van der Waals surface area contributed by atoms with E-state index in [0.29, 0.717) is 6.04 Å². The van der Waals surface area contributed by atoms with Gasteiger partial charge in [-0.25, -0.2) is 0 Å². The first kappa shape index (κ1) is 13.7. The Bertz CT molecular complexity index is 448. The zero-order valence-corrected chi connectivity index (χ0v) is 11.0. The molecule has 0 bridgehead atoms. The molecule has 19 heavy (non-hydrogen) atoms. The lowest BCUT2D eigenvalue weighted by molar-refractivity contribution is 0.279. The third-order valence-corrected chi connectivity index (χ3v) is 3.67. The second kappa shape index (κ2) is 6.43. The maximum atomic E-state index is 8.97. The van der Waals surface area contributed by atoms with Crippen molar-refractivity contribution < 1.29 is 10.3 Å². The van der Waals surface area contributed by atoms with Crippen LogP contribution in [0.25, 0.3) is 0 Å². The Kier molecular flexibility index (Phi) is 4.63. The fraction of sp³-hybridized carbons (Fsp3) is 0.500. The standard InChI is InChI=1S/C14H21N3O2/c15-14(16-19)12-7-1-2-8-13(12)17-9-3-5-11(17)6-4-10-18/h1-2,7-8,11,18-19H,3-6,9-10H2,(H2,15,16). The monoisotopic (exact) mass is 263 g/mol. The lowest BCUT2D eigenvalue weighted by atomic mass is 10.1. The summed E-state index contributed by atoms with van der Waals surface area (Å²) in [6.07, 6.45) is 4.05. The van der Waals surface area contributed by atoms with Gasteiger partial charge in [0.15, 0.2) is 5.84 Å². The van der Waals surface area contributed by atoms with Gasteiger partial charge < -0.3 is 20.9 Å². The van der Waals surface area contributed by atoms with Crippen LogP contribution in [0.15, 0.2) is 29.4 Å². The van der Waals surface area contributed by atoms with Gasteiger partial charge in [-0.1, -0.05) is 17.3 Å². The van der Waals surface area contributed by atoms with Crippen LogP contribution in [0.1, 0.15) is 31.2 Å². The third-order valence-electron chi connectivity index (χ3n) is 3.67. The molecule has 0 saturated carbocycles. The van der Waals surface area contributed by atoms with Crippen molar-refractivity contribution in [2.75, 3.05) is 18.1 Å². The first-order valence-corrected chi connectivity index (χ1v) is 6.72. The number of aliphatic hydroxyl groups is 1. The largest absolute Gasteiger partial charge is 0.409 e. The van der Waals surface area contributed by atoms with Gasteiger partial charge in [-0.2, -0.15) is 0 Å². The van der Waals surface area contributed by atoms with Crippen molar-refractivity contribution >= 4 is 11.5 Å². The Labute approximate surface area is 113 Å². The van der Waals surface area contributed by atoms with Crippen LogP contribution in [-0.4, -0.2) is 35.3 Å². The van der Waals surface area contributed by atoms with E-state index in [1.807, 2.05) is 24.3 Å². The molecule has 104 valence electrons. The lowest BCUT2D eigenvalue weighted by Crippen LogP contribution is -2.31. The van der Waals surface area contributed by atoms with Gasteiger partial charge in [-0.3, -0.25) is 0 Å². The summed E-state index contributed by atoms with van der Waals surface area (Å²) in [6.45, 7) is 1.21. The predicted octanol–water partition coefficient (Wildman–Crippen LogP) is 1.52. The smallest absolute Gasteiger partial charge is 0.172 e. The van der Waals surface area contributed by atoms with E-state index >= 15 is 0 Å². The SMILES string of the molecule is N/C(=N/O)c1ccccc1N1CCCC1CCCO. The molecule has 0 amide bonds. The summed E-state index contributed by atoms with van der Waals surface area (Å²) in [7, 11) is 0. The second-order valence-electron chi connectivity index (χ2n) is 4.86. The average Bonchev–Trinajstić information content (AvgIpc) is 2.92. The number of benzene rings is 1. The van der Waals surface area contributed by atoms with E-state index < -0.39 is 0 Å². The molecule has 1 aromatic rings. The van der Waals surface area contributed by atoms with Gasteiger partial charge >= 0.3 is 0 Å². The normalized spacial score (nSPS) is 19.9. The molecule has 1 atom stereocenters. The third kappa shape index (κ3) is 2.98. The van der Waals surface area contributed by atoms with Crippen LogP contribution >= 0.6 is 0 Å². The van der Waals surface area contributed by atoms with E-state index in [4.69, 9.17) is 16.0 Å². The molecule has 5 heteroatoms. The molecular weight excluding hydrogens is 242 g/mol. The Balaban J connectivity index is 2.25. The summed E-state index contributed by atoms with van der Waals surface area (Å²) >= 11 is 0. The molecule has 2 rings (SSSR count). The molecule has 1 saturated heterocycles. The van der Waals surface area contributed by atoms with E-state index in [2.05, 4.69) is 10.1 Å². The van der Waals surface area contributed by atoms with Gasteiger partial charge in [0.25, 0.3) is 0 Å². The van der Waals surface area contributed by atoms with Gasteiger partial charge in [-0.05, 0) is 37.8 Å². The molecule has 5 nitrogen and oxygen atoms in total. The molecule has 0 aromatic heterocycles. The topological polar surface area (TPSA) is 82.1 Å². The number of para-hydroxylation sites is 1. The van der Waals surface area contributed by atoms with Crippen molar-refractivity contribution in [3.63, 3.8) is 0 Å². The highest BCUT2D eigenvalue weighted by Gasteiger charge is 2.26. The lowest BCUT2D eigenvalue weighted by Gasteiger charge is -2.28. The van der Waals surface area contributed by atoms with E-state index in [1.165, 1.54) is 0 Å². The maximum absolute atomic E-state index is 8.97. The van der Waals surface area contributed by atoms with Crippen LogP contribution in [0.5, 0.6) is 0 Å². The van der Waals surface area contributed by atoms with Crippen LogP contribution < -0.4 is 10.6 Å². The number of hydrogen-bond donors (Lipinski definition) is 3. The minimum atomic E-state index is 0.142. The number of hydrogen-bond acceptors (Lipinski definition) is 4. The number of rotatable bonds is 5. The number of nitrogens with two attached hydrogens (primary N) is 1. The highest BCUT2D eigenvalue weighted by atomic mass is 16.4. The summed E-state index contributed by atoms with van der Waals surface area (Å²) < 4.78 is 0. The predicted molar refractivity (Wildman–Crippen MR) is 75.6 cm³/mol. The van der Waals surface area contributed by atoms with Crippen molar-refractivity contribution in [1.29, 1.82) is 0 Å². The first-order chi connectivity index (χ1) is 9.27. The minimum Gasteiger partial charge on any atom is -0.409 e. The minimum absolute atomic E-state index is 0.142. The van der Waals surface area contributed by atoms with Crippen LogP contribution in [0.2, 0.25) is 0 Å². The van der Waals surface area contributed by atoms with Crippen LogP contribution in [0, 0.1) is 0 Å².